The van der Waals surface area contributed by atoms with Gasteiger partial charge in [-0.1, -0.05) is 25.3 Å². The van der Waals surface area contributed by atoms with Gasteiger partial charge in [-0.25, -0.2) is 0 Å². The third kappa shape index (κ3) is 5.05. The van der Waals surface area contributed by atoms with Crippen LogP contribution in [0.15, 0.2) is 12.2 Å². The standard InChI is InChI=1S/C12H20O2/c1-11(13)14-12-9-7-5-3-2-4-6-8-10-12/h7,9,12H,2-6,8,10H2,1H3/b9-7+. The maximum Gasteiger partial charge on any atom is 0.303 e. The summed E-state index contributed by atoms with van der Waals surface area (Å²) in [6.07, 6.45) is 12.7. The molecular weight excluding hydrogens is 176 g/mol. The van der Waals surface area contributed by atoms with Gasteiger partial charge in [0.1, 0.15) is 6.10 Å². The van der Waals surface area contributed by atoms with Crippen LogP contribution in [-0.2, 0) is 9.53 Å². The van der Waals surface area contributed by atoms with E-state index < -0.39 is 0 Å². The Morgan fingerprint density at radius 1 is 1.21 bits per heavy atom. The van der Waals surface area contributed by atoms with Gasteiger partial charge in [-0.3, -0.25) is 4.79 Å². The van der Waals surface area contributed by atoms with E-state index in [1.165, 1.54) is 39.0 Å². The van der Waals surface area contributed by atoms with Crippen LogP contribution in [0.3, 0.4) is 0 Å². The Hall–Kier alpha value is -0.790. The van der Waals surface area contributed by atoms with Crippen molar-refractivity contribution in [1.29, 1.82) is 0 Å². The van der Waals surface area contributed by atoms with E-state index >= 15 is 0 Å². The summed E-state index contributed by atoms with van der Waals surface area (Å²) >= 11 is 0. The first-order valence-corrected chi connectivity index (χ1v) is 5.63. The minimum Gasteiger partial charge on any atom is -0.458 e. The lowest BCUT2D eigenvalue weighted by Gasteiger charge is -2.14. The second-order valence-electron chi connectivity index (χ2n) is 3.92. The van der Waals surface area contributed by atoms with E-state index in [4.69, 9.17) is 4.74 Å². The molecule has 0 bridgehead atoms. The number of rotatable bonds is 1. The molecule has 0 fully saturated rings. The molecule has 0 saturated heterocycles. The van der Waals surface area contributed by atoms with Crippen LogP contribution in [0.25, 0.3) is 0 Å². The van der Waals surface area contributed by atoms with E-state index in [0.717, 1.165) is 12.8 Å². The highest BCUT2D eigenvalue weighted by Crippen LogP contribution is 2.14. The van der Waals surface area contributed by atoms with Crippen molar-refractivity contribution in [1.82, 2.24) is 0 Å². The number of allylic oxidation sites excluding steroid dienone is 1. The van der Waals surface area contributed by atoms with Crippen LogP contribution in [0.5, 0.6) is 0 Å². The molecule has 1 rings (SSSR count). The molecule has 2 heteroatoms. The van der Waals surface area contributed by atoms with Crippen molar-refractivity contribution in [2.24, 2.45) is 0 Å². The van der Waals surface area contributed by atoms with Gasteiger partial charge in [0.25, 0.3) is 0 Å². The van der Waals surface area contributed by atoms with Crippen LogP contribution in [0.1, 0.15) is 51.9 Å². The number of ether oxygens (including phenoxy) is 1. The Bertz CT molecular complexity index is 196. The summed E-state index contributed by atoms with van der Waals surface area (Å²) in [5, 5.41) is 0. The molecule has 1 aliphatic rings. The molecule has 0 spiro atoms. The molecular formula is C12H20O2. The predicted octanol–water partition coefficient (Wildman–Crippen LogP) is 3.22. The summed E-state index contributed by atoms with van der Waals surface area (Å²) in [7, 11) is 0. The van der Waals surface area contributed by atoms with Crippen LogP contribution in [0, 0.1) is 0 Å². The Kier molecular flexibility index (Phi) is 5.35. The Balaban J connectivity index is 2.39. The van der Waals surface area contributed by atoms with E-state index in [0.29, 0.717) is 0 Å². The van der Waals surface area contributed by atoms with E-state index in [1.54, 1.807) is 0 Å². The summed E-state index contributed by atoms with van der Waals surface area (Å²) in [5.74, 6) is -0.170. The summed E-state index contributed by atoms with van der Waals surface area (Å²) < 4.78 is 5.20. The molecule has 0 aliphatic heterocycles. The van der Waals surface area contributed by atoms with E-state index in [1.807, 2.05) is 6.08 Å². The Labute approximate surface area is 86.3 Å². The molecule has 0 N–H and O–H groups in total. The molecule has 14 heavy (non-hydrogen) atoms. The number of esters is 1. The molecule has 2 nitrogen and oxygen atoms in total. The normalized spacial score (nSPS) is 26.5. The topological polar surface area (TPSA) is 26.3 Å². The highest BCUT2D eigenvalue weighted by molar-refractivity contribution is 5.66. The van der Waals surface area contributed by atoms with Gasteiger partial charge in [0.05, 0.1) is 0 Å². The lowest BCUT2D eigenvalue weighted by Crippen LogP contribution is -2.13. The lowest BCUT2D eigenvalue weighted by molar-refractivity contribution is -0.144. The molecule has 0 radical (unpaired) electrons. The van der Waals surface area contributed by atoms with Crippen molar-refractivity contribution in [2.45, 2.75) is 58.0 Å². The van der Waals surface area contributed by atoms with E-state index in [-0.39, 0.29) is 12.1 Å². The average molecular weight is 196 g/mol. The number of hydrogen-bond acceptors (Lipinski definition) is 2. The first-order chi connectivity index (χ1) is 6.79. The molecule has 0 amide bonds. The fourth-order valence-corrected chi connectivity index (χ4v) is 1.79. The van der Waals surface area contributed by atoms with Gasteiger partial charge in [0.15, 0.2) is 0 Å². The maximum atomic E-state index is 10.8. The highest BCUT2D eigenvalue weighted by atomic mass is 16.5. The number of hydrogen-bond donors (Lipinski definition) is 0. The average Bonchev–Trinajstić information content (AvgIpc) is 2.15. The molecule has 0 saturated carbocycles. The zero-order chi connectivity index (χ0) is 10.2. The molecule has 0 aromatic rings. The van der Waals surface area contributed by atoms with Gasteiger partial charge in [-0.05, 0) is 31.8 Å². The summed E-state index contributed by atoms with van der Waals surface area (Å²) in [6.45, 7) is 1.48. The second-order valence-corrected chi connectivity index (χ2v) is 3.92. The fourth-order valence-electron chi connectivity index (χ4n) is 1.79. The lowest BCUT2D eigenvalue weighted by atomic mass is 10.0. The van der Waals surface area contributed by atoms with Crippen molar-refractivity contribution < 1.29 is 9.53 Å². The predicted molar refractivity (Wildman–Crippen MR) is 57.0 cm³/mol. The molecule has 80 valence electrons. The molecule has 1 atom stereocenters. The van der Waals surface area contributed by atoms with Crippen molar-refractivity contribution in [2.75, 3.05) is 0 Å². The van der Waals surface area contributed by atoms with Gasteiger partial charge in [-0.15, -0.1) is 0 Å². The largest absolute Gasteiger partial charge is 0.458 e. The number of carbonyl (C=O) groups excluding carboxylic acids is 1. The first-order valence-electron chi connectivity index (χ1n) is 5.63. The minimum atomic E-state index is -0.170. The number of carbonyl (C=O) groups is 1. The Morgan fingerprint density at radius 3 is 2.71 bits per heavy atom. The van der Waals surface area contributed by atoms with Gasteiger partial charge >= 0.3 is 5.97 Å². The smallest absolute Gasteiger partial charge is 0.303 e. The summed E-state index contributed by atoms with van der Waals surface area (Å²) in [6, 6.07) is 0. The molecule has 0 aromatic carbocycles. The quantitative estimate of drug-likeness (QED) is 0.475. The van der Waals surface area contributed by atoms with E-state index in [9.17, 15) is 4.79 Å². The van der Waals surface area contributed by atoms with Crippen LogP contribution in [0.4, 0.5) is 0 Å². The third-order valence-electron chi connectivity index (χ3n) is 2.53. The van der Waals surface area contributed by atoms with Crippen molar-refractivity contribution in [3.8, 4) is 0 Å². The summed E-state index contributed by atoms with van der Waals surface area (Å²) in [5.41, 5.74) is 0. The molecule has 0 aromatic heterocycles. The van der Waals surface area contributed by atoms with Crippen molar-refractivity contribution in [3.05, 3.63) is 12.2 Å². The van der Waals surface area contributed by atoms with Crippen LogP contribution < -0.4 is 0 Å². The molecule has 0 heterocycles. The SMILES string of the molecule is CC(=O)OC1/C=C/CCCCCCC1. The second kappa shape index (κ2) is 6.63. The molecule has 1 aliphatic carbocycles. The van der Waals surface area contributed by atoms with Crippen molar-refractivity contribution >= 4 is 5.97 Å². The summed E-state index contributed by atoms with van der Waals surface area (Å²) in [4.78, 5) is 10.8. The zero-order valence-corrected chi connectivity index (χ0v) is 9.00. The van der Waals surface area contributed by atoms with Crippen LogP contribution in [-0.4, -0.2) is 12.1 Å². The Morgan fingerprint density at radius 2 is 1.93 bits per heavy atom. The fraction of sp³-hybridized carbons (Fsp3) is 0.750. The van der Waals surface area contributed by atoms with Crippen LogP contribution in [0.2, 0.25) is 0 Å². The molecule has 1 unspecified atom stereocenters. The monoisotopic (exact) mass is 196 g/mol. The minimum absolute atomic E-state index is 0.0191. The van der Waals surface area contributed by atoms with Crippen molar-refractivity contribution in [3.63, 3.8) is 0 Å². The first kappa shape index (κ1) is 11.3. The van der Waals surface area contributed by atoms with Gasteiger partial charge < -0.3 is 4.74 Å². The van der Waals surface area contributed by atoms with E-state index in [2.05, 4.69) is 6.08 Å². The third-order valence-corrected chi connectivity index (χ3v) is 2.53. The van der Waals surface area contributed by atoms with Gasteiger partial charge in [0.2, 0.25) is 0 Å². The highest BCUT2D eigenvalue weighted by Gasteiger charge is 2.08. The zero-order valence-electron chi connectivity index (χ0n) is 9.00. The van der Waals surface area contributed by atoms with Gasteiger partial charge in [0, 0.05) is 6.92 Å². The van der Waals surface area contributed by atoms with Gasteiger partial charge in [-0.2, -0.15) is 0 Å². The maximum absolute atomic E-state index is 10.8. The van der Waals surface area contributed by atoms with Crippen LogP contribution >= 0.6 is 0 Å².